The molecular formula is C13H10BrF3N2O3. The maximum Gasteiger partial charge on any atom is 0.417 e. The summed E-state index contributed by atoms with van der Waals surface area (Å²) in [4.78, 5) is 24.3. The van der Waals surface area contributed by atoms with E-state index in [9.17, 15) is 22.8 Å². The van der Waals surface area contributed by atoms with Crippen molar-refractivity contribution in [1.82, 2.24) is 4.90 Å². The van der Waals surface area contributed by atoms with Crippen molar-refractivity contribution in [2.45, 2.75) is 6.18 Å². The number of halogens is 4. The number of anilines is 1. The molecule has 1 aliphatic rings. The number of nitrogens with one attached hydrogen (secondary N) is 1. The molecule has 9 heteroatoms. The minimum atomic E-state index is -4.55. The number of aliphatic hydroxyl groups excluding tert-OH is 1. The van der Waals surface area contributed by atoms with E-state index in [1.807, 2.05) is 0 Å². The van der Waals surface area contributed by atoms with E-state index in [2.05, 4.69) is 21.2 Å². The van der Waals surface area contributed by atoms with E-state index in [0.29, 0.717) is 0 Å². The SMILES string of the molecule is O=C1C=C(Nc2cccc(C(F)(F)F)c2Br)C(=O)N1CCO. The van der Waals surface area contributed by atoms with Crippen molar-refractivity contribution in [2.75, 3.05) is 18.5 Å². The number of aliphatic hydroxyl groups is 1. The molecule has 0 atom stereocenters. The molecule has 0 fully saturated rings. The zero-order valence-electron chi connectivity index (χ0n) is 10.9. The van der Waals surface area contributed by atoms with E-state index < -0.39 is 30.2 Å². The molecule has 0 radical (unpaired) electrons. The van der Waals surface area contributed by atoms with Gasteiger partial charge in [-0.3, -0.25) is 14.5 Å². The molecule has 22 heavy (non-hydrogen) atoms. The minimum Gasteiger partial charge on any atom is -0.395 e. The second-order valence-electron chi connectivity index (χ2n) is 4.37. The fourth-order valence-electron chi connectivity index (χ4n) is 1.90. The maximum absolute atomic E-state index is 12.8. The van der Waals surface area contributed by atoms with Crippen LogP contribution in [0.3, 0.4) is 0 Å². The molecule has 0 aliphatic carbocycles. The van der Waals surface area contributed by atoms with Crippen LogP contribution in [0.25, 0.3) is 0 Å². The Hall–Kier alpha value is -1.87. The Labute approximate surface area is 131 Å². The Morgan fingerprint density at radius 1 is 1.27 bits per heavy atom. The van der Waals surface area contributed by atoms with E-state index >= 15 is 0 Å². The molecule has 0 saturated heterocycles. The van der Waals surface area contributed by atoms with Crippen molar-refractivity contribution in [2.24, 2.45) is 0 Å². The molecule has 2 amide bonds. The Bertz CT molecular complexity index is 658. The van der Waals surface area contributed by atoms with E-state index in [4.69, 9.17) is 5.11 Å². The molecule has 0 aromatic heterocycles. The lowest BCUT2D eigenvalue weighted by molar-refractivity contribution is -0.138. The lowest BCUT2D eigenvalue weighted by atomic mass is 10.2. The normalized spacial score (nSPS) is 15.3. The van der Waals surface area contributed by atoms with E-state index in [1.165, 1.54) is 12.1 Å². The number of β-amino-alcohol motifs (C(OH)–C–C–N with tert-alkyl or cyclic N) is 1. The van der Waals surface area contributed by atoms with Gasteiger partial charge < -0.3 is 10.4 Å². The molecule has 1 aromatic rings. The van der Waals surface area contributed by atoms with Gasteiger partial charge >= 0.3 is 6.18 Å². The van der Waals surface area contributed by atoms with Crippen LogP contribution in [0.15, 0.2) is 34.4 Å². The molecular weight excluding hydrogens is 369 g/mol. The van der Waals surface area contributed by atoms with Crippen molar-refractivity contribution in [3.63, 3.8) is 0 Å². The quantitative estimate of drug-likeness (QED) is 0.787. The molecule has 1 aromatic carbocycles. The summed E-state index contributed by atoms with van der Waals surface area (Å²) in [6, 6.07) is 3.42. The van der Waals surface area contributed by atoms with Gasteiger partial charge in [0.2, 0.25) is 0 Å². The van der Waals surface area contributed by atoms with E-state index in [-0.39, 0.29) is 22.4 Å². The topological polar surface area (TPSA) is 69.6 Å². The third-order valence-corrected chi connectivity index (χ3v) is 3.76. The first-order valence-electron chi connectivity index (χ1n) is 6.07. The lowest BCUT2D eigenvalue weighted by Crippen LogP contribution is -2.34. The van der Waals surface area contributed by atoms with Gasteiger partial charge in [-0.05, 0) is 28.1 Å². The lowest BCUT2D eigenvalue weighted by Gasteiger charge is -2.16. The standard InChI is InChI=1S/C13H10BrF3N2O3/c14-11-7(13(15,16)17)2-1-3-8(11)18-9-6-10(21)19(4-5-20)12(9)22/h1-3,6,18,20H,4-5H2. The van der Waals surface area contributed by atoms with Crippen LogP contribution in [-0.2, 0) is 15.8 Å². The van der Waals surface area contributed by atoms with Crippen molar-refractivity contribution >= 4 is 33.4 Å². The van der Waals surface area contributed by atoms with Crippen molar-refractivity contribution < 1.29 is 27.9 Å². The number of imide groups is 1. The van der Waals surface area contributed by atoms with Crippen LogP contribution in [-0.4, -0.2) is 35.0 Å². The number of hydrogen-bond donors (Lipinski definition) is 2. The van der Waals surface area contributed by atoms with Crippen LogP contribution < -0.4 is 5.32 Å². The highest BCUT2D eigenvalue weighted by Gasteiger charge is 2.35. The molecule has 5 nitrogen and oxygen atoms in total. The predicted molar refractivity (Wildman–Crippen MR) is 74.7 cm³/mol. The Morgan fingerprint density at radius 3 is 2.55 bits per heavy atom. The molecule has 0 bridgehead atoms. The van der Waals surface area contributed by atoms with Crippen molar-refractivity contribution in [3.05, 3.63) is 40.0 Å². The summed E-state index contributed by atoms with van der Waals surface area (Å²) < 4.78 is 38.2. The highest BCUT2D eigenvalue weighted by atomic mass is 79.9. The molecule has 1 heterocycles. The Balaban J connectivity index is 2.28. The number of rotatable bonds is 4. The first-order valence-corrected chi connectivity index (χ1v) is 6.86. The average molecular weight is 379 g/mol. The summed E-state index contributed by atoms with van der Waals surface area (Å²) in [7, 11) is 0. The van der Waals surface area contributed by atoms with Gasteiger partial charge in [-0.1, -0.05) is 6.07 Å². The number of hydrogen-bond acceptors (Lipinski definition) is 4. The summed E-state index contributed by atoms with van der Waals surface area (Å²) in [5.41, 5.74) is -1.05. The minimum absolute atomic E-state index is 0.00748. The molecule has 118 valence electrons. The van der Waals surface area contributed by atoms with Gasteiger partial charge in [0.25, 0.3) is 11.8 Å². The summed E-state index contributed by atoms with van der Waals surface area (Å²) >= 11 is 2.85. The van der Waals surface area contributed by atoms with Gasteiger partial charge in [-0.2, -0.15) is 13.2 Å². The average Bonchev–Trinajstić information content (AvgIpc) is 2.68. The fraction of sp³-hybridized carbons (Fsp3) is 0.231. The predicted octanol–water partition coefficient (Wildman–Crippen LogP) is 2.12. The summed E-state index contributed by atoms with van der Waals surface area (Å²) in [6.07, 6.45) is -3.58. The summed E-state index contributed by atoms with van der Waals surface area (Å²) in [6.45, 7) is -0.574. The number of carbonyl (C=O) groups excluding carboxylic acids is 2. The molecule has 0 saturated carbocycles. The smallest absolute Gasteiger partial charge is 0.395 e. The largest absolute Gasteiger partial charge is 0.417 e. The maximum atomic E-state index is 12.8. The number of carbonyl (C=O) groups is 2. The number of alkyl halides is 3. The highest BCUT2D eigenvalue weighted by molar-refractivity contribution is 9.10. The van der Waals surface area contributed by atoms with E-state index in [0.717, 1.165) is 17.0 Å². The molecule has 2 N–H and O–H groups in total. The Morgan fingerprint density at radius 2 is 1.95 bits per heavy atom. The molecule has 0 spiro atoms. The van der Waals surface area contributed by atoms with E-state index in [1.54, 1.807) is 0 Å². The van der Waals surface area contributed by atoms with Gasteiger partial charge in [-0.15, -0.1) is 0 Å². The van der Waals surface area contributed by atoms with Crippen LogP contribution in [0.5, 0.6) is 0 Å². The van der Waals surface area contributed by atoms with Crippen LogP contribution in [0, 0.1) is 0 Å². The van der Waals surface area contributed by atoms with Crippen LogP contribution in [0.2, 0.25) is 0 Å². The van der Waals surface area contributed by atoms with Crippen molar-refractivity contribution in [1.29, 1.82) is 0 Å². The molecule has 1 aliphatic heterocycles. The van der Waals surface area contributed by atoms with Crippen LogP contribution in [0.1, 0.15) is 5.56 Å². The number of nitrogens with zero attached hydrogens (tertiary/aromatic N) is 1. The Kier molecular flexibility index (Phi) is 4.57. The molecule has 2 rings (SSSR count). The fourth-order valence-corrected chi connectivity index (χ4v) is 2.49. The number of amides is 2. The second-order valence-corrected chi connectivity index (χ2v) is 5.16. The summed E-state index contributed by atoms with van der Waals surface area (Å²) in [5.74, 6) is -1.34. The second kappa shape index (κ2) is 6.09. The summed E-state index contributed by atoms with van der Waals surface area (Å²) in [5, 5.41) is 11.3. The first-order chi connectivity index (χ1) is 10.3. The van der Waals surface area contributed by atoms with Gasteiger partial charge in [0.15, 0.2) is 0 Å². The van der Waals surface area contributed by atoms with Crippen molar-refractivity contribution in [3.8, 4) is 0 Å². The number of benzene rings is 1. The highest BCUT2D eigenvalue weighted by Crippen LogP contribution is 2.38. The first kappa shape index (κ1) is 16.5. The third-order valence-electron chi connectivity index (χ3n) is 2.91. The zero-order chi connectivity index (χ0) is 16.5. The van der Waals surface area contributed by atoms with Gasteiger partial charge in [0.1, 0.15) is 5.70 Å². The van der Waals surface area contributed by atoms with Crippen LogP contribution >= 0.6 is 15.9 Å². The monoisotopic (exact) mass is 378 g/mol. The van der Waals surface area contributed by atoms with Gasteiger partial charge in [0, 0.05) is 6.08 Å². The van der Waals surface area contributed by atoms with Gasteiger partial charge in [-0.25, -0.2) is 0 Å². The van der Waals surface area contributed by atoms with Gasteiger partial charge in [0.05, 0.1) is 28.9 Å². The van der Waals surface area contributed by atoms with Crippen LogP contribution in [0.4, 0.5) is 18.9 Å². The zero-order valence-corrected chi connectivity index (χ0v) is 12.5. The molecule has 0 unspecified atom stereocenters. The third kappa shape index (κ3) is 3.14.